The Hall–Kier alpha value is -1.82. The van der Waals surface area contributed by atoms with Crippen molar-refractivity contribution >= 4 is 11.9 Å². The van der Waals surface area contributed by atoms with Crippen LogP contribution in [-0.2, 0) is 16.0 Å². The standard InChI is InChI=1S/C18H27NO5/c1-17(2)6-4-7-18(23-3,9-8-17)12-19-16(22)13-5-10-24-14(13)11-15(20)21/h5,10H,4,6-9,11-12H2,1-3H3,(H,19,22)(H,20,21). The molecule has 1 unspecified atom stereocenters. The lowest BCUT2D eigenvalue weighted by molar-refractivity contribution is -0.136. The Balaban J connectivity index is 2.01. The number of hydrogen-bond acceptors (Lipinski definition) is 4. The molecule has 1 atom stereocenters. The predicted octanol–water partition coefficient (Wildman–Crippen LogP) is 3.01. The highest BCUT2D eigenvalue weighted by molar-refractivity contribution is 5.96. The van der Waals surface area contributed by atoms with E-state index in [4.69, 9.17) is 14.3 Å². The van der Waals surface area contributed by atoms with Gasteiger partial charge in [0.05, 0.1) is 17.4 Å². The summed E-state index contributed by atoms with van der Waals surface area (Å²) in [5.41, 5.74) is 0.210. The third kappa shape index (κ3) is 4.60. The lowest BCUT2D eigenvalue weighted by Gasteiger charge is -2.32. The maximum absolute atomic E-state index is 12.4. The average Bonchev–Trinajstić information content (AvgIpc) is 2.90. The molecule has 6 nitrogen and oxygen atoms in total. The topological polar surface area (TPSA) is 88.8 Å². The van der Waals surface area contributed by atoms with E-state index in [9.17, 15) is 9.59 Å². The second-order valence-electron chi connectivity index (χ2n) is 7.42. The Morgan fingerprint density at radius 3 is 2.71 bits per heavy atom. The Morgan fingerprint density at radius 1 is 1.29 bits per heavy atom. The van der Waals surface area contributed by atoms with Gasteiger partial charge < -0.3 is 19.6 Å². The molecule has 1 aliphatic rings. The lowest BCUT2D eigenvalue weighted by Crippen LogP contribution is -2.44. The van der Waals surface area contributed by atoms with Gasteiger partial charge in [-0.3, -0.25) is 9.59 Å². The quantitative estimate of drug-likeness (QED) is 0.779. The van der Waals surface area contributed by atoms with E-state index in [1.165, 1.54) is 12.3 Å². The molecule has 0 saturated heterocycles. The highest BCUT2D eigenvalue weighted by Crippen LogP contribution is 2.39. The summed E-state index contributed by atoms with van der Waals surface area (Å²) < 4.78 is 10.9. The first-order chi connectivity index (χ1) is 11.3. The van der Waals surface area contributed by atoms with E-state index in [2.05, 4.69) is 19.2 Å². The fourth-order valence-electron chi connectivity index (χ4n) is 3.31. The Labute approximate surface area is 142 Å². The van der Waals surface area contributed by atoms with Gasteiger partial charge in [-0.15, -0.1) is 0 Å². The third-order valence-corrected chi connectivity index (χ3v) is 5.05. The number of ether oxygens (including phenoxy) is 1. The van der Waals surface area contributed by atoms with Gasteiger partial charge in [0.1, 0.15) is 12.2 Å². The number of furan rings is 1. The molecule has 0 spiro atoms. The molecule has 1 aliphatic carbocycles. The number of amides is 1. The second-order valence-corrected chi connectivity index (χ2v) is 7.42. The van der Waals surface area contributed by atoms with Gasteiger partial charge in [-0.2, -0.15) is 0 Å². The van der Waals surface area contributed by atoms with Crippen molar-refractivity contribution in [2.75, 3.05) is 13.7 Å². The Morgan fingerprint density at radius 2 is 2.04 bits per heavy atom. The number of hydrogen-bond donors (Lipinski definition) is 2. The first-order valence-electron chi connectivity index (χ1n) is 8.38. The van der Waals surface area contributed by atoms with E-state index < -0.39 is 5.97 Å². The zero-order chi connectivity index (χ0) is 17.8. The van der Waals surface area contributed by atoms with Crippen molar-refractivity contribution in [1.82, 2.24) is 5.32 Å². The lowest BCUT2D eigenvalue weighted by atomic mass is 9.84. The van der Waals surface area contributed by atoms with Crippen molar-refractivity contribution in [3.8, 4) is 0 Å². The molecule has 2 rings (SSSR count). The minimum Gasteiger partial charge on any atom is -0.481 e. The normalized spacial score (nSPS) is 23.5. The molecule has 1 amide bonds. The van der Waals surface area contributed by atoms with Crippen LogP contribution in [-0.4, -0.2) is 36.2 Å². The SMILES string of the molecule is COC1(CNC(=O)c2ccoc2CC(=O)O)CCCC(C)(C)CC1. The summed E-state index contributed by atoms with van der Waals surface area (Å²) in [6.45, 7) is 4.94. The summed E-state index contributed by atoms with van der Waals surface area (Å²) in [5.74, 6) is -1.17. The fourth-order valence-corrected chi connectivity index (χ4v) is 3.31. The maximum atomic E-state index is 12.4. The van der Waals surface area contributed by atoms with Gasteiger partial charge in [0.15, 0.2) is 0 Å². The van der Waals surface area contributed by atoms with Crippen molar-refractivity contribution in [2.45, 2.75) is 58.0 Å². The molecule has 1 heterocycles. The van der Waals surface area contributed by atoms with Crippen LogP contribution in [0.4, 0.5) is 0 Å². The predicted molar refractivity (Wildman–Crippen MR) is 89.0 cm³/mol. The largest absolute Gasteiger partial charge is 0.481 e. The third-order valence-electron chi connectivity index (χ3n) is 5.05. The van der Waals surface area contributed by atoms with E-state index in [0.29, 0.717) is 12.0 Å². The van der Waals surface area contributed by atoms with Gasteiger partial charge in [0.25, 0.3) is 5.91 Å². The van der Waals surface area contributed by atoms with Gasteiger partial charge in [0.2, 0.25) is 0 Å². The van der Waals surface area contributed by atoms with Crippen molar-refractivity contribution in [2.24, 2.45) is 5.41 Å². The average molecular weight is 337 g/mol. The molecule has 6 heteroatoms. The van der Waals surface area contributed by atoms with Crippen molar-refractivity contribution in [1.29, 1.82) is 0 Å². The molecule has 0 aromatic carbocycles. The first-order valence-corrected chi connectivity index (χ1v) is 8.38. The van der Waals surface area contributed by atoms with Crippen molar-refractivity contribution < 1.29 is 23.8 Å². The van der Waals surface area contributed by atoms with Gasteiger partial charge >= 0.3 is 5.97 Å². The van der Waals surface area contributed by atoms with Crippen LogP contribution in [0, 0.1) is 5.41 Å². The van der Waals surface area contributed by atoms with Crippen LogP contribution in [0.2, 0.25) is 0 Å². The van der Waals surface area contributed by atoms with Crippen LogP contribution < -0.4 is 5.32 Å². The second kappa shape index (κ2) is 7.38. The molecular formula is C18H27NO5. The molecule has 134 valence electrons. The van der Waals surface area contributed by atoms with Gasteiger partial charge in [-0.1, -0.05) is 13.8 Å². The molecule has 1 fully saturated rings. The van der Waals surface area contributed by atoms with Crippen molar-refractivity contribution in [3.63, 3.8) is 0 Å². The molecule has 0 bridgehead atoms. The minimum atomic E-state index is -1.03. The smallest absolute Gasteiger partial charge is 0.311 e. The molecule has 1 aromatic rings. The number of nitrogens with one attached hydrogen (secondary N) is 1. The summed E-state index contributed by atoms with van der Waals surface area (Å²) in [6.07, 6.45) is 6.09. The molecule has 0 aliphatic heterocycles. The summed E-state index contributed by atoms with van der Waals surface area (Å²) in [6, 6.07) is 1.50. The highest BCUT2D eigenvalue weighted by Gasteiger charge is 2.36. The molecule has 1 saturated carbocycles. The van der Waals surface area contributed by atoms with E-state index in [1.54, 1.807) is 7.11 Å². The van der Waals surface area contributed by atoms with Crippen molar-refractivity contribution in [3.05, 3.63) is 23.7 Å². The molecule has 1 aromatic heterocycles. The Bertz CT molecular complexity index is 592. The van der Waals surface area contributed by atoms with Crippen LogP contribution >= 0.6 is 0 Å². The van der Waals surface area contributed by atoms with E-state index in [1.807, 2.05) is 0 Å². The van der Waals surface area contributed by atoms with Gasteiger partial charge in [-0.25, -0.2) is 0 Å². The van der Waals surface area contributed by atoms with Crippen LogP contribution in [0.3, 0.4) is 0 Å². The molecular weight excluding hydrogens is 310 g/mol. The number of methoxy groups -OCH3 is 1. The summed E-state index contributed by atoms with van der Waals surface area (Å²) >= 11 is 0. The number of carbonyl (C=O) groups excluding carboxylic acids is 1. The van der Waals surface area contributed by atoms with E-state index in [-0.39, 0.29) is 29.3 Å². The minimum absolute atomic E-state index is 0.175. The number of aliphatic carboxylic acids is 1. The summed E-state index contributed by atoms with van der Waals surface area (Å²) in [5, 5.41) is 11.8. The van der Waals surface area contributed by atoms with E-state index >= 15 is 0 Å². The monoisotopic (exact) mass is 337 g/mol. The summed E-state index contributed by atoms with van der Waals surface area (Å²) in [4.78, 5) is 23.2. The zero-order valence-electron chi connectivity index (χ0n) is 14.7. The number of rotatable bonds is 6. The number of carboxylic acids is 1. The highest BCUT2D eigenvalue weighted by atomic mass is 16.5. The Kier molecular flexibility index (Phi) is 5.70. The van der Waals surface area contributed by atoms with Crippen LogP contribution in [0.15, 0.2) is 16.7 Å². The first kappa shape index (κ1) is 18.5. The number of carboxylic acid groups (broad SMARTS) is 1. The van der Waals surface area contributed by atoms with Crippen LogP contribution in [0.1, 0.15) is 62.1 Å². The number of carbonyl (C=O) groups is 2. The van der Waals surface area contributed by atoms with Crippen LogP contribution in [0.5, 0.6) is 0 Å². The van der Waals surface area contributed by atoms with Crippen LogP contribution in [0.25, 0.3) is 0 Å². The zero-order valence-corrected chi connectivity index (χ0v) is 14.7. The summed E-state index contributed by atoms with van der Waals surface area (Å²) in [7, 11) is 1.69. The van der Waals surface area contributed by atoms with E-state index in [0.717, 1.165) is 32.1 Å². The molecule has 2 N–H and O–H groups in total. The van der Waals surface area contributed by atoms with Gasteiger partial charge in [0, 0.05) is 13.7 Å². The fraction of sp³-hybridized carbons (Fsp3) is 0.667. The molecule has 24 heavy (non-hydrogen) atoms. The van der Waals surface area contributed by atoms with Gasteiger partial charge in [-0.05, 0) is 43.6 Å². The molecule has 0 radical (unpaired) electrons. The maximum Gasteiger partial charge on any atom is 0.311 e.